The molecule has 636 valence electrons. The lowest BCUT2D eigenvalue weighted by Crippen LogP contribution is -2.36. The van der Waals surface area contributed by atoms with Gasteiger partial charge in [-0.2, -0.15) is 9.97 Å². The van der Waals surface area contributed by atoms with Crippen LogP contribution in [0.3, 0.4) is 0 Å². The Labute approximate surface area is 727 Å². The molecule has 11 aromatic rings. The predicted molar refractivity (Wildman–Crippen MR) is 476 cm³/mol. The van der Waals surface area contributed by atoms with Crippen molar-refractivity contribution in [2.45, 2.75) is 65.2 Å². The molecule has 3 N–H and O–H groups in total. The number of esters is 2. The zero-order valence-electron chi connectivity index (χ0n) is 67.9. The van der Waals surface area contributed by atoms with E-state index < -0.39 is 5.97 Å². The number of piperidine rings is 4. The molecule has 121 heavy (non-hydrogen) atoms. The van der Waals surface area contributed by atoms with Gasteiger partial charge >= 0.3 is 17.9 Å². The fourth-order valence-corrected chi connectivity index (χ4v) is 14.1. The third-order valence-corrected chi connectivity index (χ3v) is 20.5. The monoisotopic (exact) mass is 1720 g/mol. The average molecular weight is 1720 g/mol. The standard InChI is InChI=1S/C26H30N4O3.C24H26N4O3.C14H20ClN3O3.C12H11N.C10H14ClN3O.C4H2Cl2N2/c1-2-33-25(31)20-32-19-21-14-17-29(18-15-21)24-13-16-27-26(28-24)30(22-9-5-3-6-10-22)23-11-7-4-8-12-23;29-23(30)18-31-17-19-12-15-27(16-13-19)22-11-14-25-24(26-22)28(20-7-3-1-4-8-20)21-9-5-2-6-10-21;1-2-21-13(19)10-20-9-11-4-7-18(8-5-11)12-3-6-16-14(15)17-12;1-3-7-11(8-4-1)13-12-9-5-2-6-10-12;11-10-12-4-1-9(13-10)14-5-2-8(7-15)3-6-14;5-3-1-2-7-4(6)8-3/h3-13,16,21H,2,14-15,17-20H2,1H3;1-11,14,19H,12-13,15-18H2,(H,29,30);3,6,11H,2,4-5,7-10H2,1H3;1-10,13H;1,4,8,15H,2-3,5-7H2;1-2H. The molecule has 4 fully saturated rings. The molecule has 0 radical (unpaired) electrons. The van der Waals surface area contributed by atoms with Crippen molar-refractivity contribution in [3.63, 3.8) is 0 Å². The highest BCUT2D eigenvalue weighted by Crippen LogP contribution is 2.36. The third-order valence-electron chi connectivity index (χ3n) is 19.7. The Hall–Kier alpha value is -11.3. The molecular weight excluding hydrogens is 1620 g/mol. The number of para-hydroxylation sites is 6. The summed E-state index contributed by atoms with van der Waals surface area (Å²) in [5, 5.41) is 22.2. The van der Waals surface area contributed by atoms with E-state index in [1.165, 1.54) is 6.20 Å². The minimum absolute atomic E-state index is 0.0259. The fraction of sp³-hybridized carbons (Fsp3) is 0.344. The van der Waals surface area contributed by atoms with E-state index in [1.807, 2.05) is 188 Å². The van der Waals surface area contributed by atoms with Crippen molar-refractivity contribution in [3.05, 3.63) is 264 Å². The maximum atomic E-state index is 11.4. The van der Waals surface area contributed by atoms with Gasteiger partial charge in [0.15, 0.2) is 0 Å². The number of aliphatic hydroxyl groups is 1. The van der Waals surface area contributed by atoms with Gasteiger partial charge in [0.25, 0.3) is 0 Å². The number of ether oxygens (including phenoxy) is 5. The van der Waals surface area contributed by atoms with Crippen LogP contribution in [0, 0.1) is 23.7 Å². The van der Waals surface area contributed by atoms with Crippen LogP contribution in [0.4, 0.5) is 69.3 Å². The highest BCUT2D eigenvalue weighted by atomic mass is 35.5. The zero-order valence-corrected chi connectivity index (χ0v) is 70.9. The zero-order chi connectivity index (χ0) is 85.0. The molecule has 0 unspecified atom stereocenters. The van der Waals surface area contributed by atoms with E-state index in [0.29, 0.717) is 80.4 Å². The SMILES string of the molecule is CCOC(=O)COCC1CCN(c2ccnc(Cl)n2)CC1.CCOC(=O)COCC1CCN(c2ccnc(N(c3ccccc3)c3ccccc3)n2)CC1.Clc1ccnc(Cl)n1.O=C(O)COCC1CCN(c2ccnc(N(c3ccccc3)c3ccccc3)n2)CC1.OCC1CCN(c2ccnc(Cl)n2)CC1.c1ccc(Nc2ccccc2)cc1. The van der Waals surface area contributed by atoms with E-state index in [1.54, 1.807) is 38.5 Å². The number of hydrogen-bond acceptors (Lipinski definition) is 26. The summed E-state index contributed by atoms with van der Waals surface area (Å²) in [4.78, 5) is 88.6. The quantitative estimate of drug-likeness (QED) is 0.0245. The molecule has 15 rings (SSSR count). The lowest BCUT2D eigenvalue weighted by Gasteiger charge is -2.33. The van der Waals surface area contributed by atoms with Crippen LogP contribution in [-0.2, 0) is 38.1 Å². The Morgan fingerprint density at radius 2 is 0.653 bits per heavy atom. The van der Waals surface area contributed by atoms with Crippen molar-refractivity contribution in [1.82, 2.24) is 49.8 Å². The van der Waals surface area contributed by atoms with Crippen molar-refractivity contribution in [2.75, 3.05) is 147 Å². The Bertz CT molecular complexity index is 4650. The number of aliphatic carboxylic acids is 1. The first-order chi connectivity index (χ1) is 59.2. The van der Waals surface area contributed by atoms with Gasteiger partial charge in [-0.15, -0.1) is 0 Å². The Balaban J connectivity index is 0.000000161. The molecule has 0 aliphatic carbocycles. The van der Waals surface area contributed by atoms with Crippen LogP contribution in [0.5, 0.6) is 0 Å². The van der Waals surface area contributed by atoms with Crippen molar-refractivity contribution in [1.29, 1.82) is 0 Å². The highest BCUT2D eigenvalue weighted by Gasteiger charge is 2.27. The van der Waals surface area contributed by atoms with E-state index in [0.717, 1.165) is 161 Å². The minimum Gasteiger partial charge on any atom is -0.480 e. The van der Waals surface area contributed by atoms with Crippen LogP contribution in [0.15, 0.2) is 243 Å². The lowest BCUT2D eigenvalue weighted by atomic mass is 9.98. The number of aromatic nitrogens is 10. The number of hydrogen-bond donors (Lipinski definition) is 3. The minimum atomic E-state index is -0.924. The van der Waals surface area contributed by atoms with Crippen molar-refractivity contribution in [3.8, 4) is 0 Å². The van der Waals surface area contributed by atoms with Gasteiger partial charge in [-0.3, -0.25) is 9.80 Å². The highest BCUT2D eigenvalue weighted by molar-refractivity contribution is 6.31. The second-order valence-corrected chi connectivity index (χ2v) is 29.7. The smallest absolute Gasteiger partial charge is 0.332 e. The first-order valence-electron chi connectivity index (χ1n) is 40.5. The van der Waals surface area contributed by atoms with Gasteiger partial charge in [-0.25, -0.2) is 54.3 Å². The number of carboxylic acids is 1. The molecule has 0 amide bonds. The Morgan fingerprint density at radius 1 is 0.372 bits per heavy atom. The molecule has 9 heterocycles. The fourth-order valence-electron chi connectivity index (χ4n) is 13.5. The van der Waals surface area contributed by atoms with Crippen molar-refractivity contribution in [2.24, 2.45) is 23.7 Å². The first kappa shape index (κ1) is 92.0. The summed E-state index contributed by atoms with van der Waals surface area (Å²) in [5.74, 6) is 5.02. The van der Waals surface area contributed by atoms with Gasteiger partial charge in [0.1, 0.15) is 48.2 Å². The third kappa shape index (κ3) is 32.0. The van der Waals surface area contributed by atoms with Gasteiger partial charge in [-0.05, 0) is 227 Å². The number of carboxylic acid groups (broad SMARTS) is 1. The summed E-state index contributed by atoms with van der Waals surface area (Å²) in [7, 11) is 0. The van der Waals surface area contributed by atoms with Gasteiger partial charge < -0.3 is 58.8 Å². The summed E-state index contributed by atoms with van der Waals surface area (Å²) in [6.45, 7) is 13.3. The Morgan fingerprint density at radius 3 is 0.934 bits per heavy atom. The molecule has 0 atom stereocenters. The number of carbonyl (C=O) groups is 3. The van der Waals surface area contributed by atoms with Crippen LogP contribution >= 0.6 is 46.4 Å². The number of nitrogens with one attached hydrogen (secondary N) is 1. The summed E-state index contributed by atoms with van der Waals surface area (Å²) >= 11 is 22.3. The number of carbonyl (C=O) groups excluding carboxylic acids is 2. The largest absolute Gasteiger partial charge is 0.480 e. The number of anilines is 12. The van der Waals surface area contributed by atoms with E-state index in [-0.39, 0.29) is 47.6 Å². The molecular formula is C90H103Cl4N17O10. The van der Waals surface area contributed by atoms with Crippen molar-refractivity contribution < 1.29 is 48.3 Å². The molecule has 4 saturated heterocycles. The summed E-state index contributed by atoms with van der Waals surface area (Å²) in [6.07, 6.45) is 16.4. The van der Waals surface area contributed by atoms with Gasteiger partial charge in [0, 0.05) is 124 Å². The number of halogens is 4. The van der Waals surface area contributed by atoms with E-state index in [2.05, 4.69) is 98.9 Å². The summed E-state index contributed by atoms with van der Waals surface area (Å²) in [5.41, 5.74) is 6.26. The van der Waals surface area contributed by atoms with Gasteiger partial charge in [0.2, 0.25) is 27.7 Å². The van der Waals surface area contributed by atoms with Gasteiger partial charge in [0.05, 0.1) is 33.0 Å². The maximum Gasteiger partial charge on any atom is 0.332 e. The molecule has 0 saturated carbocycles. The average Bonchev–Trinajstić information content (AvgIpc) is 0.808. The predicted octanol–water partition coefficient (Wildman–Crippen LogP) is 17.5. The number of benzene rings is 6. The molecule has 0 spiro atoms. The molecule has 5 aromatic heterocycles. The van der Waals surface area contributed by atoms with Crippen LogP contribution < -0.4 is 34.7 Å². The van der Waals surface area contributed by atoms with Gasteiger partial charge in [-0.1, -0.05) is 121 Å². The summed E-state index contributed by atoms with van der Waals surface area (Å²) < 4.78 is 26.0. The normalized spacial score (nSPS) is 14.2. The maximum absolute atomic E-state index is 11.4. The lowest BCUT2D eigenvalue weighted by molar-refractivity contribution is -0.149. The van der Waals surface area contributed by atoms with E-state index >= 15 is 0 Å². The molecule has 6 aromatic carbocycles. The van der Waals surface area contributed by atoms with Crippen molar-refractivity contribution >= 4 is 134 Å². The van der Waals surface area contributed by atoms with Crippen LogP contribution in [-0.4, -0.2) is 190 Å². The van der Waals surface area contributed by atoms with E-state index in [9.17, 15) is 14.4 Å². The molecule has 0 bridgehead atoms. The van der Waals surface area contributed by atoms with Crippen LogP contribution in [0.25, 0.3) is 0 Å². The Kier molecular flexibility index (Phi) is 39.1. The molecule has 31 heteroatoms. The first-order valence-corrected chi connectivity index (χ1v) is 42.0. The number of nitrogens with zero attached hydrogens (tertiary/aromatic N) is 16. The number of aliphatic hydroxyl groups excluding tert-OH is 1. The van der Waals surface area contributed by atoms with E-state index in [4.69, 9.17) is 90.3 Å². The molecule has 4 aliphatic rings. The van der Waals surface area contributed by atoms with Crippen LogP contribution in [0.1, 0.15) is 65.2 Å². The van der Waals surface area contributed by atoms with Crippen LogP contribution in [0.2, 0.25) is 21.0 Å². The second-order valence-electron chi connectivity index (χ2n) is 28.3. The second kappa shape index (κ2) is 51.4. The summed E-state index contributed by atoms with van der Waals surface area (Å²) in [6, 6.07) is 70.0. The molecule has 27 nitrogen and oxygen atoms in total. The molecule has 4 aliphatic heterocycles. The topological polar surface area (TPSA) is 298 Å². The number of rotatable bonds is 27.